The number of rotatable bonds is 7. The van der Waals surface area contributed by atoms with Gasteiger partial charge in [-0.3, -0.25) is 14.7 Å². The molecule has 0 bridgehead atoms. The molecular formula is C24H27N3O2S. The van der Waals surface area contributed by atoms with E-state index in [0.717, 1.165) is 48.8 Å². The number of nitrogens with zero attached hydrogens (tertiary/aromatic N) is 2. The highest BCUT2D eigenvalue weighted by molar-refractivity contribution is 7.12. The number of thiophene rings is 1. The number of methoxy groups -OCH3 is 1. The van der Waals surface area contributed by atoms with E-state index in [9.17, 15) is 4.79 Å². The number of aromatic nitrogens is 1. The number of piperidine rings is 1. The van der Waals surface area contributed by atoms with Crippen LogP contribution in [-0.2, 0) is 6.54 Å². The van der Waals surface area contributed by atoms with Crippen molar-refractivity contribution >= 4 is 17.2 Å². The highest BCUT2D eigenvalue weighted by Crippen LogP contribution is 2.30. The molecule has 156 valence electrons. The highest BCUT2D eigenvalue weighted by Gasteiger charge is 2.30. The van der Waals surface area contributed by atoms with Crippen molar-refractivity contribution in [2.45, 2.75) is 25.4 Å². The highest BCUT2D eigenvalue weighted by atomic mass is 32.1. The van der Waals surface area contributed by atoms with Crippen molar-refractivity contribution in [2.75, 3.05) is 20.2 Å². The molecule has 6 heteroatoms. The van der Waals surface area contributed by atoms with Gasteiger partial charge in [-0.05, 0) is 66.6 Å². The minimum absolute atomic E-state index is 0.0204. The Morgan fingerprint density at radius 2 is 2.10 bits per heavy atom. The maximum Gasteiger partial charge on any atom is 0.261 e. The lowest BCUT2D eigenvalue weighted by atomic mass is 9.88. The number of nitrogens with one attached hydrogen (secondary N) is 1. The Labute approximate surface area is 181 Å². The molecule has 0 saturated carbocycles. The normalized spacial score (nSPS) is 18.0. The SMILES string of the molecule is COc1ccc(CN2CCC[C@H]([C@H](NC(=O)c3cccs3)c3ccccn3)C2)cc1. The average molecular weight is 422 g/mol. The molecular weight excluding hydrogens is 394 g/mol. The lowest BCUT2D eigenvalue weighted by Gasteiger charge is -2.37. The molecule has 5 nitrogen and oxygen atoms in total. The van der Waals surface area contributed by atoms with Crippen LogP contribution in [0.15, 0.2) is 66.2 Å². The summed E-state index contributed by atoms with van der Waals surface area (Å²) in [5.41, 5.74) is 2.20. The Kier molecular flexibility index (Phi) is 6.77. The Hall–Kier alpha value is -2.70. The maximum absolute atomic E-state index is 12.8. The van der Waals surface area contributed by atoms with Gasteiger partial charge in [0.25, 0.3) is 5.91 Å². The maximum atomic E-state index is 12.8. The van der Waals surface area contributed by atoms with E-state index in [4.69, 9.17) is 4.74 Å². The molecule has 0 spiro atoms. The zero-order chi connectivity index (χ0) is 20.8. The number of likely N-dealkylation sites (tertiary alicyclic amines) is 1. The summed E-state index contributed by atoms with van der Waals surface area (Å²) in [5.74, 6) is 1.17. The van der Waals surface area contributed by atoms with Crippen LogP contribution >= 0.6 is 11.3 Å². The second-order valence-corrected chi connectivity index (χ2v) is 8.62. The number of hydrogen-bond donors (Lipinski definition) is 1. The van der Waals surface area contributed by atoms with Gasteiger partial charge in [-0.2, -0.15) is 0 Å². The zero-order valence-corrected chi connectivity index (χ0v) is 18.0. The first-order chi connectivity index (χ1) is 14.7. The van der Waals surface area contributed by atoms with Crippen molar-refractivity contribution < 1.29 is 9.53 Å². The summed E-state index contributed by atoms with van der Waals surface area (Å²) in [6.45, 7) is 2.89. The number of carbonyl (C=O) groups excluding carboxylic acids is 1. The van der Waals surface area contributed by atoms with E-state index in [-0.39, 0.29) is 11.9 Å². The predicted molar refractivity (Wildman–Crippen MR) is 120 cm³/mol. The van der Waals surface area contributed by atoms with E-state index >= 15 is 0 Å². The van der Waals surface area contributed by atoms with E-state index in [1.165, 1.54) is 16.9 Å². The fourth-order valence-corrected chi connectivity index (χ4v) is 4.74. The molecule has 2 atom stereocenters. The molecule has 4 rings (SSSR count). The van der Waals surface area contributed by atoms with Crippen LogP contribution < -0.4 is 10.1 Å². The molecule has 3 heterocycles. The van der Waals surface area contributed by atoms with Crippen LogP contribution in [0.5, 0.6) is 5.75 Å². The minimum Gasteiger partial charge on any atom is -0.497 e. The minimum atomic E-state index is -0.0977. The smallest absolute Gasteiger partial charge is 0.261 e. The van der Waals surface area contributed by atoms with Crippen LogP contribution in [0.2, 0.25) is 0 Å². The molecule has 3 aromatic rings. The van der Waals surface area contributed by atoms with Gasteiger partial charge in [-0.25, -0.2) is 0 Å². The third-order valence-corrected chi connectivity index (χ3v) is 6.49. The third kappa shape index (κ3) is 5.07. The van der Waals surface area contributed by atoms with Crippen molar-refractivity contribution in [3.8, 4) is 5.75 Å². The quantitative estimate of drug-likeness (QED) is 0.609. The summed E-state index contributed by atoms with van der Waals surface area (Å²) in [5, 5.41) is 5.20. The summed E-state index contributed by atoms with van der Waals surface area (Å²) in [6, 6.07) is 17.9. The predicted octanol–water partition coefficient (Wildman–Crippen LogP) is 4.54. The van der Waals surface area contributed by atoms with Gasteiger partial charge in [0.2, 0.25) is 0 Å². The van der Waals surface area contributed by atoms with Crippen molar-refractivity contribution in [2.24, 2.45) is 5.92 Å². The van der Waals surface area contributed by atoms with E-state index in [2.05, 4.69) is 27.3 Å². The molecule has 0 unspecified atom stereocenters. The van der Waals surface area contributed by atoms with Crippen molar-refractivity contribution in [3.63, 3.8) is 0 Å². The number of ether oxygens (including phenoxy) is 1. The first-order valence-corrected chi connectivity index (χ1v) is 11.2. The summed E-state index contributed by atoms with van der Waals surface area (Å²) in [7, 11) is 1.69. The topological polar surface area (TPSA) is 54.5 Å². The largest absolute Gasteiger partial charge is 0.497 e. The molecule has 30 heavy (non-hydrogen) atoms. The van der Waals surface area contributed by atoms with Gasteiger partial charge in [-0.1, -0.05) is 24.3 Å². The van der Waals surface area contributed by atoms with Crippen LogP contribution in [0.25, 0.3) is 0 Å². The number of pyridine rings is 1. The van der Waals surface area contributed by atoms with Gasteiger partial charge < -0.3 is 10.1 Å². The fraction of sp³-hybridized carbons (Fsp3) is 0.333. The van der Waals surface area contributed by atoms with Gasteiger partial charge in [-0.15, -0.1) is 11.3 Å². The van der Waals surface area contributed by atoms with Crippen molar-refractivity contribution in [3.05, 3.63) is 82.3 Å². The second-order valence-electron chi connectivity index (χ2n) is 7.67. The lowest BCUT2D eigenvalue weighted by Crippen LogP contribution is -2.42. The summed E-state index contributed by atoms with van der Waals surface area (Å²) in [6.07, 6.45) is 3.99. The average Bonchev–Trinajstić information content (AvgIpc) is 3.34. The number of benzene rings is 1. The molecule has 1 amide bonds. The van der Waals surface area contributed by atoms with E-state index in [1.807, 2.05) is 47.8 Å². The van der Waals surface area contributed by atoms with Gasteiger partial charge in [0.05, 0.1) is 23.7 Å². The first kappa shape index (κ1) is 20.6. The summed E-state index contributed by atoms with van der Waals surface area (Å²) >= 11 is 1.47. The Morgan fingerprint density at radius 1 is 1.23 bits per heavy atom. The van der Waals surface area contributed by atoms with Crippen LogP contribution in [-0.4, -0.2) is 36.0 Å². The lowest BCUT2D eigenvalue weighted by molar-refractivity contribution is 0.0879. The Balaban J connectivity index is 1.48. The Bertz CT molecular complexity index is 929. The van der Waals surface area contributed by atoms with Crippen LogP contribution in [0.1, 0.15) is 39.8 Å². The molecule has 1 fully saturated rings. The molecule has 2 aromatic heterocycles. The number of hydrogen-bond acceptors (Lipinski definition) is 5. The molecule has 1 N–H and O–H groups in total. The number of amides is 1. The first-order valence-electron chi connectivity index (χ1n) is 10.3. The van der Waals surface area contributed by atoms with Gasteiger partial charge in [0.15, 0.2) is 0 Å². The van der Waals surface area contributed by atoms with Gasteiger partial charge >= 0.3 is 0 Å². The van der Waals surface area contributed by atoms with Crippen LogP contribution in [0.4, 0.5) is 0 Å². The van der Waals surface area contributed by atoms with Gasteiger partial charge in [0, 0.05) is 19.3 Å². The standard InChI is InChI=1S/C24H27N3O2S/c1-29-20-11-9-18(10-12-20)16-27-14-4-6-19(17-27)23(21-7-2-3-13-25-21)26-24(28)22-8-5-15-30-22/h2-3,5,7-13,15,19,23H,4,6,14,16-17H2,1H3,(H,26,28)/t19-,23-/m0/s1. The number of carbonyl (C=O) groups is 1. The van der Waals surface area contributed by atoms with E-state index in [1.54, 1.807) is 13.3 Å². The molecule has 1 saturated heterocycles. The van der Waals surface area contributed by atoms with Crippen LogP contribution in [0.3, 0.4) is 0 Å². The third-order valence-electron chi connectivity index (χ3n) is 5.62. The fourth-order valence-electron chi connectivity index (χ4n) is 4.11. The van der Waals surface area contributed by atoms with Gasteiger partial charge in [0.1, 0.15) is 5.75 Å². The van der Waals surface area contributed by atoms with Crippen LogP contribution in [0, 0.1) is 5.92 Å². The Morgan fingerprint density at radius 3 is 2.80 bits per heavy atom. The summed E-state index contributed by atoms with van der Waals surface area (Å²) in [4.78, 5) is 20.6. The van der Waals surface area contributed by atoms with Crippen molar-refractivity contribution in [1.29, 1.82) is 0 Å². The van der Waals surface area contributed by atoms with Crippen molar-refractivity contribution in [1.82, 2.24) is 15.2 Å². The molecule has 0 aliphatic carbocycles. The zero-order valence-electron chi connectivity index (χ0n) is 17.2. The molecule has 0 radical (unpaired) electrons. The monoisotopic (exact) mass is 421 g/mol. The molecule has 1 aliphatic heterocycles. The molecule has 1 aromatic carbocycles. The molecule has 1 aliphatic rings. The second kappa shape index (κ2) is 9.87. The van der Waals surface area contributed by atoms with E-state index < -0.39 is 0 Å². The van der Waals surface area contributed by atoms with E-state index in [0.29, 0.717) is 5.92 Å². The summed E-state index contributed by atoms with van der Waals surface area (Å²) < 4.78 is 5.26.